The van der Waals surface area contributed by atoms with Crippen LogP contribution in [0.1, 0.15) is 60.3 Å². The van der Waals surface area contributed by atoms with E-state index < -0.39 is 9.84 Å². The summed E-state index contributed by atoms with van der Waals surface area (Å²) in [6, 6.07) is 16.7. The third-order valence-corrected chi connectivity index (χ3v) is 8.40. The Kier molecular flexibility index (Phi) is 8.03. The molecule has 1 amide bonds. The van der Waals surface area contributed by atoms with Gasteiger partial charge < -0.3 is 9.84 Å². The number of hydrogen-bond acceptors (Lipinski definition) is 6. The Hall–Kier alpha value is -2.97. The topological polar surface area (TPSA) is 92.5 Å². The maximum Gasteiger partial charge on any atom is 0.273 e. The molecule has 0 saturated carbocycles. The van der Waals surface area contributed by atoms with Crippen LogP contribution in [0.2, 0.25) is 0 Å². The number of nitrogens with zero attached hydrogens (tertiary/aromatic N) is 2. The van der Waals surface area contributed by atoms with E-state index >= 15 is 0 Å². The molecule has 8 heteroatoms. The number of aromatic nitrogens is 1. The van der Waals surface area contributed by atoms with Crippen LogP contribution in [0.25, 0.3) is 11.3 Å². The molecule has 0 spiro atoms. The number of aryl methyl sites for hydroxylation is 1. The third kappa shape index (κ3) is 6.18. The minimum absolute atomic E-state index is 0.101. The second kappa shape index (κ2) is 11.2. The molecule has 1 atom stereocenters. The number of rotatable bonds is 9. The highest BCUT2D eigenvalue weighted by Gasteiger charge is 2.24. The molecule has 0 radical (unpaired) electrons. The van der Waals surface area contributed by atoms with Crippen LogP contribution in [0.5, 0.6) is 0 Å². The molecule has 3 aromatic rings. The predicted molar refractivity (Wildman–Crippen MR) is 136 cm³/mol. The zero-order chi connectivity index (χ0) is 24.8. The van der Waals surface area contributed by atoms with Gasteiger partial charge in [-0.15, -0.1) is 0 Å². The predicted octanol–water partition coefficient (Wildman–Crippen LogP) is 4.79. The van der Waals surface area contributed by atoms with E-state index in [1.54, 1.807) is 30.3 Å². The van der Waals surface area contributed by atoms with Crippen molar-refractivity contribution < 1.29 is 17.7 Å². The molecule has 35 heavy (non-hydrogen) atoms. The van der Waals surface area contributed by atoms with Gasteiger partial charge in [0.25, 0.3) is 5.91 Å². The van der Waals surface area contributed by atoms with Gasteiger partial charge in [-0.05, 0) is 69.1 Å². The lowest BCUT2D eigenvalue weighted by molar-refractivity contribution is 0.0915. The Balaban J connectivity index is 1.44. The summed E-state index contributed by atoms with van der Waals surface area (Å²) >= 11 is 0. The van der Waals surface area contributed by atoms with Crippen molar-refractivity contribution >= 4 is 15.7 Å². The van der Waals surface area contributed by atoms with Gasteiger partial charge in [-0.3, -0.25) is 9.69 Å². The highest BCUT2D eigenvalue weighted by molar-refractivity contribution is 7.91. The number of carbonyl (C=O) groups excluding carboxylic acids is 1. The number of amides is 1. The fraction of sp³-hybridized carbons (Fsp3) is 0.407. The molecule has 2 heterocycles. The van der Waals surface area contributed by atoms with Crippen LogP contribution >= 0.6 is 0 Å². The summed E-state index contributed by atoms with van der Waals surface area (Å²) in [6.07, 6.45) is 4.15. The summed E-state index contributed by atoms with van der Waals surface area (Å²) in [6.45, 7) is 6.43. The molecule has 186 valence electrons. The number of nitrogens with one attached hydrogen (secondary N) is 1. The molecule has 7 nitrogen and oxygen atoms in total. The van der Waals surface area contributed by atoms with Gasteiger partial charge in [0.2, 0.25) is 0 Å². The second-order valence-electron chi connectivity index (χ2n) is 9.15. The number of carbonyl (C=O) groups is 1. The van der Waals surface area contributed by atoms with Gasteiger partial charge in [0.1, 0.15) is 0 Å². The lowest BCUT2D eigenvalue weighted by Gasteiger charge is -2.35. The summed E-state index contributed by atoms with van der Waals surface area (Å²) in [5.74, 6) is 0.233. The van der Waals surface area contributed by atoms with Crippen LogP contribution in [0.3, 0.4) is 0 Å². The van der Waals surface area contributed by atoms with Crippen LogP contribution in [0.4, 0.5) is 0 Å². The van der Waals surface area contributed by atoms with Crippen molar-refractivity contribution in [1.29, 1.82) is 0 Å². The van der Waals surface area contributed by atoms with Crippen molar-refractivity contribution in [2.45, 2.75) is 50.5 Å². The average Bonchev–Trinajstić information content (AvgIpc) is 3.36. The molecular weight excluding hydrogens is 462 g/mol. The average molecular weight is 496 g/mol. The Morgan fingerprint density at radius 2 is 1.74 bits per heavy atom. The molecule has 1 aliphatic rings. The fourth-order valence-electron chi connectivity index (χ4n) is 4.49. The van der Waals surface area contributed by atoms with Crippen LogP contribution in [-0.4, -0.2) is 49.8 Å². The molecular formula is C27H33N3O4S. The molecule has 0 bridgehead atoms. The first kappa shape index (κ1) is 25.1. The highest BCUT2D eigenvalue weighted by Crippen LogP contribution is 2.26. The number of hydrogen-bond donors (Lipinski definition) is 1. The SMILES string of the molecule is CCCS(=O)(=O)c1ccc(-c2cc(C(=O)NCC(c3ccc(C)cc3)N3CCCCC3)no2)cc1. The van der Waals surface area contributed by atoms with E-state index in [1.165, 1.54) is 30.4 Å². The largest absolute Gasteiger partial charge is 0.355 e. The molecule has 1 aliphatic heterocycles. The van der Waals surface area contributed by atoms with E-state index in [1.807, 2.05) is 6.92 Å². The fourth-order valence-corrected chi connectivity index (χ4v) is 5.81. The van der Waals surface area contributed by atoms with Crippen LogP contribution in [0, 0.1) is 6.92 Å². The summed E-state index contributed by atoms with van der Waals surface area (Å²) < 4.78 is 29.9. The van der Waals surface area contributed by atoms with E-state index in [4.69, 9.17) is 4.52 Å². The molecule has 1 aromatic heterocycles. The maximum absolute atomic E-state index is 12.9. The van der Waals surface area contributed by atoms with Crippen molar-refractivity contribution in [1.82, 2.24) is 15.4 Å². The Bertz CT molecular complexity index is 1230. The maximum atomic E-state index is 12.9. The standard InChI is InChI=1S/C27H33N3O4S/c1-3-17-35(32,33)23-13-11-22(12-14-23)26-18-24(29-34-26)27(31)28-19-25(30-15-5-4-6-16-30)21-9-7-20(2)8-10-21/h7-14,18,25H,3-6,15-17,19H2,1-2H3,(H,28,31). The second-order valence-corrected chi connectivity index (χ2v) is 11.3. The number of benzene rings is 2. The zero-order valence-electron chi connectivity index (χ0n) is 20.4. The van der Waals surface area contributed by atoms with E-state index in [-0.39, 0.29) is 28.3 Å². The van der Waals surface area contributed by atoms with Crippen LogP contribution in [-0.2, 0) is 9.84 Å². The van der Waals surface area contributed by atoms with Crippen LogP contribution in [0.15, 0.2) is 64.0 Å². The number of sulfone groups is 1. The quantitative estimate of drug-likeness (QED) is 0.459. The van der Waals surface area contributed by atoms with Gasteiger partial charge in [-0.2, -0.15) is 0 Å². The van der Waals surface area contributed by atoms with Crippen molar-refractivity contribution in [2.75, 3.05) is 25.4 Å². The minimum Gasteiger partial charge on any atom is -0.355 e. The van der Waals surface area contributed by atoms with Gasteiger partial charge in [0.05, 0.1) is 16.7 Å². The Morgan fingerprint density at radius 3 is 2.40 bits per heavy atom. The first-order valence-corrected chi connectivity index (χ1v) is 13.9. The number of likely N-dealkylation sites (tertiary alicyclic amines) is 1. The number of piperidine rings is 1. The van der Waals surface area contributed by atoms with E-state index in [0.29, 0.717) is 24.3 Å². The van der Waals surface area contributed by atoms with E-state index in [0.717, 1.165) is 13.1 Å². The summed E-state index contributed by atoms with van der Waals surface area (Å²) in [4.78, 5) is 15.6. The molecule has 1 unspecified atom stereocenters. The molecule has 4 rings (SSSR count). The first-order valence-electron chi connectivity index (χ1n) is 12.3. The van der Waals surface area contributed by atoms with Gasteiger partial charge in [-0.1, -0.05) is 48.3 Å². The smallest absolute Gasteiger partial charge is 0.273 e. The summed E-state index contributed by atoms with van der Waals surface area (Å²) in [5, 5.41) is 6.98. The lowest BCUT2D eigenvalue weighted by Crippen LogP contribution is -2.40. The Labute approximate surface area is 207 Å². The molecule has 1 saturated heterocycles. The Morgan fingerprint density at radius 1 is 1.06 bits per heavy atom. The summed E-state index contributed by atoms with van der Waals surface area (Å²) in [5.41, 5.74) is 3.26. The first-order chi connectivity index (χ1) is 16.9. The summed E-state index contributed by atoms with van der Waals surface area (Å²) in [7, 11) is -3.28. The van der Waals surface area contributed by atoms with Crippen LogP contribution < -0.4 is 5.32 Å². The van der Waals surface area contributed by atoms with Gasteiger partial charge >= 0.3 is 0 Å². The minimum atomic E-state index is -3.28. The van der Waals surface area contributed by atoms with Gasteiger partial charge in [0, 0.05) is 18.2 Å². The van der Waals surface area contributed by atoms with Crippen molar-refractivity contribution in [2.24, 2.45) is 0 Å². The van der Waals surface area contributed by atoms with E-state index in [9.17, 15) is 13.2 Å². The van der Waals surface area contributed by atoms with Gasteiger partial charge in [0.15, 0.2) is 21.3 Å². The molecule has 0 aliphatic carbocycles. The lowest BCUT2D eigenvalue weighted by atomic mass is 10.0. The molecule has 1 fully saturated rings. The zero-order valence-corrected chi connectivity index (χ0v) is 21.2. The van der Waals surface area contributed by atoms with Crippen molar-refractivity contribution in [3.8, 4) is 11.3 Å². The highest BCUT2D eigenvalue weighted by atomic mass is 32.2. The molecule has 1 N–H and O–H groups in total. The van der Waals surface area contributed by atoms with E-state index in [2.05, 4.69) is 46.6 Å². The molecule has 2 aromatic carbocycles. The third-order valence-electron chi connectivity index (χ3n) is 6.46. The van der Waals surface area contributed by atoms with Crippen molar-refractivity contribution in [3.05, 3.63) is 71.4 Å². The monoisotopic (exact) mass is 495 g/mol. The normalized spacial score (nSPS) is 15.6. The van der Waals surface area contributed by atoms with Crippen molar-refractivity contribution in [3.63, 3.8) is 0 Å². The van der Waals surface area contributed by atoms with Gasteiger partial charge in [-0.25, -0.2) is 8.42 Å².